The molecule has 150 valence electrons. The largest absolute Gasteiger partial charge is 0.459 e. The number of nitro groups is 1. The molecule has 3 aromatic rings. The molecule has 0 aliphatic carbocycles. The number of rotatable bonds is 5. The van der Waals surface area contributed by atoms with Crippen molar-refractivity contribution in [3.8, 4) is 0 Å². The highest BCUT2D eigenvalue weighted by atomic mass is 32.1. The van der Waals surface area contributed by atoms with Crippen LogP contribution >= 0.6 is 11.3 Å². The molecule has 0 saturated carbocycles. The molecular formula is C18H17N5O5S. The van der Waals surface area contributed by atoms with E-state index in [0.717, 1.165) is 0 Å². The number of thiazole rings is 1. The van der Waals surface area contributed by atoms with Gasteiger partial charge in [0.15, 0.2) is 10.9 Å². The predicted molar refractivity (Wildman–Crippen MR) is 106 cm³/mol. The molecule has 1 aromatic carbocycles. The van der Waals surface area contributed by atoms with Crippen molar-refractivity contribution in [3.05, 3.63) is 52.5 Å². The number of non-ortho nitro benzene ring substituents is 1. The highest BCUT2D eigenvalue weighted by molar-refractivity contribution is 7.22. The predicted octanol–water partition coefficient (Wildman–Crippen LogP) is 2.19. The van der Waals surface area contributed by atoms with Gasteiger partial charge in [0.1, 0.15) is 0 Å². The van der Waals surface area contributed by atoms with Crippen molar-refractivity contribution in [2.24, 2.45) is 0 Å². The summed E-state index contributed by atoms with van der Waals surface area (Å²) in [4.78, 5) is 43.0. The van der Waals surface area contributed by atoms with Gasteiger partial charge in [0, 0.05) is 38.3 Å². The zero-order chi connectivity index (χ0) is 20.4. The van der Waals surface area contributed by atoms with Crippen molar-refractivity contribution in [1.82, 2.24) is 14.8 Å². The fraction of sp³-hybridized carbons (Fsp3) is 0.278. The van der Waals surface area contributed by atoms with Gasteiger partial charge in [-0.15, -0.1) is 0 Å². The molecule has 2 amide bonds. The lowest BCUT2D eigenvalue weighted by molar-refractivity contribution is -0.384. The summed E-state index contributed by atoms with van der Waals surface area (Å²) in [5.74, 6) is -0.0562. The van der Waals surface area contributed by atoms with Crippen molar-refractivity contribution in [2.45, 2.75) is 0 Å². The first-order chi connectivity index (χ1) is 14.0. The number of nitro benzene ring substituents is 1. The topological polar surface area (TPSA) is 122 Å². The molecule has 1 fully saturated rings. The van der Waals surface area contributed by atoms with Crippen LogP contribution in [0.2, 0.25) is 0 Å². The number of aromatic nitrogens is 1. The van der Waals surface area contributed by atoms with Crippen LogP contribution in [-0.4, -0.2) is 64.2 Å². The van der Waals surface area contributed by atoms with Crippen LogP contribution in [0.3, 0.4) is 0 Å². The Balaban J connectivity index is 1.31. The molecule has 0 spiro atoms. The van der Waals surface area contributed by atoms with Gasteiger partial charge in [-0.05, 0) is 18.2 Å². The van der Waals surface area contributed by atoms with Crippen LogP contribution in [0.5, 0.6) is 0 Å². The standard InChI is InChI=1S/C18H17N5O5S/c24-16(20-18-19-13-4-3-12(23(26)27)10-15(13)29-18)11-21-5-7-22(8-6-21)17(25)14-2-1-9-28-14/h1-4,9-10H,5-8,11H2,(H,19,20,24). The van der Waals surface area contributed by atoms with Crippen molar-refractivity contribution in [1.29, 1.82) is 0 Å². The van der Waals surface area contributed by atoms with Crippen LogP contribution in [0.1, 0.15) is 10.6 Å². The summed E-state index contributed by atoms with van der Waals surface area (Å²) in [6.07, 6.45) is 1.47. The van der Waals surface area contributed by atoms with E-state index < -0.39 is 4.92 Å². The third-order valence-corrected chi connectivity index (χ3v) is 5.52. The lowest BCUT2D eigenvalue weighted by Gasteiger charge is -2.33. The molecule has 2 aromatic heterocycles. The zero-order valence-electron chi connectivity index (χ0n) is 15.2. The average molecular weight is 415 g/mol. The number of hydrogen-bond donors (Lipinski definition) is 1. The van der Waals surface area contributed by atoms with E-state index in [0.29, 0.717) is 47.3 Å². The van der Waals surface area contributed by atoms with Gasteiger partial charge in [0.2, 0.25) is 5.91 Å². The van der Waals surface area contributed by atoms with E-state index >= 15 is 0 Å². The minimum atomic E-state index is -0.465. The summed E-state index contributed by atoms with van der Waals surface area (Å²) in [6, 6.07) is 7.70. The van der Waals surface area contributed by atoms with Crippen LogP contribution in [0.25, 0.3) is 10.2 Å². The van der Waals surface area contributed by atoms with Crippen LogP contribution in [0, 0.1) is 10.1 Å². The van der Waals surface area contributed by atoms with Crippen LogP contribution in [0.15, 0.2) is 41.0 Å². The van der Waals surface area contributed by atoms with E-state index in [1.54, 1.807) is 23.1 Å². The van der Waals surface area contributed by atoms with Crippen molar-refractivity contribution in [2.75, 3.05) is 38.0 Å². The molecule has 1 N–H and O–H groups in total. The molecule has 29 heavy (non-hydrogen) atoms. The first-order valence-corrected chi connectivity index (χ1v) is 9.71. The first-order valence-electron chi connectivity index (χ1n) is 8.89. The second kappa shape index (κ2) is 7.97. The second-order valence-corrected chi connectivity index (χ2v) is 7.55. The Bertz CT molecular complexity index is 1060. The quantitative estimate of drug-likeness (QED) is 0.501. The van der Waals surface area contributed by atoms with E-state index in [-0.39, 0.29) is 24.0 Å². The van der Waals surface area contributed by atoms with Crippen molar-refractivity contribution in [3.63, 3.8) is 0 Å². The van der Waals surface area contributed by atoms with Gasteiger partial charge < -0.3 is 14.6 Å². The third kappa shape index (κ3) is 4.25. The fourth-order valence-electron chi connectivity index (χ4n) is 3.11. The molecule has 0 bridgehead atoms. The Morgan fingerprint density at radius 2 is 2.03 bits per heavy atom. The molecular weight excluding hydrogens is 398 g/mol. The lowest BCUT2D eigenvalue weighted by Crippen LogP contribution is -2.50. The molecule has 10 nitrogen and oxygen atoms in total. The molecule has 11 heteroatoms. The molecule has 0 unspecified atom stereocenters. The highest BCUT2D eigenvalue weighted by Crippen LogP contribution is 2.29. The van der Waals surface area contributed by atoms with Gasteiger partial charge in [-0.3, -0.25) is 24.6 Å². The number of fused-ring (bicyclic) bond motifs is 1. The van der Waals surface area contributed by atoms with E-state index in [1.807, 2.05) is 4.90 Å². The Labute approximate surface area is 168 Å². The number of carbonyl (C=O) groups excluding carboxylic acids is 2. The molecule has 1 aliphatic heterocycles. The Morgan fingerprint density at radius 1 is 1.24 bits per heavy atom. The zero-order valence-corrected chi connectivity index (χ0v) is 16.1. The third-order valence-electron chi connectivity index (χ3n) is 4.59. The normalized spacial score (nSPS) is 14.8. The summed E-state index contributed by atoms with van der Waals surface area (Å²) in [7, 11) is 0. The van der Waals surface area contributed by atoms with Gasteiger partial charge in [-0.1, -0.05) is 11.3 Å². The lowest BCUT2D eigenvalue weighted by atomic mass is 10.3. The number of nitrogens with one attached hydrogen (secondary N) is 1. The molecule has 0 atom stereocenters. The maximum absolute atomic E-state index is 12.3. The van der Waals surface area contributed by atoms with E-state index in [1.165, 1.54) is 29.7 Å². The van der Waals surface area contributed by atoms with E-state index in [2.05, 4.69) is 10.3 Å². The number of furan rings is 1. The summed E-state index contributed by atoms with van der Waals surface area (Å²) in [5, 5.41) is 14.0. The Hall–Kier alpha value is -3.31. The number of piperazine rings is 1. The molecule has 3 heterocycles. The number of hydrogen-bond acceptors (Lipinski definition) is 8. The number of nitrogens with zero attached hydrogens (tertiary/aromatic N) is 4. The molecule has 0 radical (unpaired) electrons. The minimum absolute atomic E-state index is 0.0130. The Morgan fingerprint density at radius 3 is 2.72 bits per heavy atom. The fourth-order valence-corrected chi connectivity index (χ4v) is 4.02. The van der Waals surface area contributed by atoms with Crippen molar-refractivity contribution < 1.29 is 18.9 Å². The molecule has 4 rings (SSSR count). The van der Waals surface area contributed by atoms with Crippen molar-refractivity contribution >= 4 is 44.2 Å². The molecule has 1 saturated heterocycles. The molecule has 1 aliphatic rings. The minimum Gasteiger partial charge on any atom is -0.459 e. The number of amides is 2. The van der Waals surface area contributed by atoms with Gasteiger partial charge >= 0.3 is 0 Å². The Kier molecular flexibility index (Phi) is 5.23. The first kappa shape index (κ1) is 19.0. The SMILES string of the molecule is O=C(CN1CCN(C(=O)c2ccco2)CC1)Nc1nc2ccc([N+](=O)[O-])cc2s1. The van der Waals surface area contributed by atoms with Crippen LogP contribution in [0.4, 0.5) is 10.8 Å². The van der Waals surface area contributed by atoms with E-state index in [9.17, 15) is 19.7 Å². The monoisotopic (exact) mass is 415 g/mol. The van der Waals surface area contributed by atoms with Crippen LogP contribution in [-0.2, 0) is 4.79 Å². The van der Waals surface area contributed by atoms with Gasteiger partial charge in [0.05, 0.1) is 27.9 Å². The van der Waals surface area contributed by atoms with E-state index in [4.69, 9.17) is 4.42 Å². The van der Waals surface area contributed by atoms with Gasteiger partial charge in [-0.2, -0.15) is 0 Å². The van der Waals surface area contributed by atoms with Gasteiger partial charge in [-0.25, -0.2) is 4.98 Å². The second-order valence-electron chi connectivity index (χ2n) is 6.52. The summed E-state index contributed by atoms with van der Waals surface area (Å²) in [5.41, 5.74) is 0.585. The number of carbonyl (C=O) groups is 2. The smallest absolute Gasteiger partial charge is 0.289 e. The average Bonchev–Trinajstić information content (AvgIpc) is 3.36. The van der Waals surface area contributed by atoms with Crippen LogP contribution < -0.4 is 5.32 Å². The summed E-state index contributed by atoms with van der Waals surface area (Å²) < 4.78 is 5.78. The highest BCUT2D eigenvalue weighted by Gasteiger charge is 2.24. The maximum Gasteiger partial charge on any atom is 0.289 e. The maximum atomic E-state index is 12.3. The summed E-state index contributed by atoms with van der Waals surface area (Å²) >= 11 is 1.19. The summed E-state index contributed by atoms with van der Waals surface area (Å²) in [6.45, 7) is 2.35. The van der Waals surface area contributed by atoms with Gasteiger partial charge in [0.25, 0.3) is 11.6 Å². The number of benzene rings is 1. The number of anilines is 1.